The zero-order chi connectivity index (χ0) is 22.0. The number of carbonyl (C=O) groups excluding carboxylic acids is 1. The number of aromatic nitrogens is 4. The van der Waals surface area contributed by atoms with E-state index in [2.05, 4.69) is 20.4 Å². The fourth-order valence-corrected chi connectivity index (χ4v) is 3.61. The highest BCUT2D eigenvalue weighted by molar-refractivity contribution is 6.42. The highest BCUT2D eigenvalue weighted by Crippen LogP contribution is 2.35. The molecule has 3 aromatic rings. The van der Waals surface area contributed by atoms with Crippen molar-refractivity contribution in [1.82, 2.24) is 24.9 Å². The van der Waals surface area contributed by atoms with Crippen LogP contribution in [0.25, 0.3) is 5.65 Å². The molecular formula is C20H23Cl2N7O2. The maximum Gasteiger partial charge on any atom is 0.237 e. The van der Waals surface area contributed by atoms with E-state index in [1.807, 2.05) is 0 Å². The van der Waals surface area contributed by atoms with E-state index in [4.69, 9.17) is 39.4 Å². The maximum atomic E-state index is 12.0. The van der Waals surface area contributed by atoms with Gasteiger partial charge in [-0.15, -0.1) is 0 Å². The van der Waals surface area contributed by atoms with Gasteiger partial charge in [-0.25, -0.2) is 14.5 Å². The number of nitrogens with zero attached hydrogens (tertiary/aromatic N) is 4. The van der Waals surface area contributed by atoms with Gasteiger partial charge in [0.25, 0.3) is 0 Å². The molecule has 11 heteroatoms. The normalized spacial score (nSPS) is 14.5. The Bertz CT molecular complexity index is 1100. The lowest BCUT2D eigenvalue weighted by molar-refractivity contribution is -0.122. The summed E-state index contributed by atoms with van der Waals surface area (Å²) in [5.74, 6) is 0.783. The maximum absolute atomic E-state index is 12.0. The molecule has 1 aliphatic rings. The Morgan fingerprint density at radius 3 is 2.90 bits per heavy atom. The lowest BCUT2D eigenvalue weighted by atomic mass is 10.1. The summed E-state index contributed by atoms with van der Waals surface area (Å²) in [6, 6.07) is 3.22. The molecule has 4 rings (SSSR count). The number of amides is 1. The molecular weight excluding hydrogens is 441 g/mol. The van der Waals surface area contributed by atoms with Crippen molar-refractivity contribution in [3.05, 3.63) is 46.0 Å². The van der Waals surface area contributed by atoms with Gasteiger partial charge in [0.15, 0.2) is 11.5 Å². The summed E-state index contributed by atoms with van der Waals surface area (Å²) in [5.41, 5.74) is 13.8. The van der Waals surface area contributed by atoms with Gasteiger partial charge in [-0.1, -0.05) is 23.2 Å². The van der Waals surface area contributed by atoms with Crippen LogP contribution in [0.5, 0.6) is 5.75 Å². The summed E-state index contributed by atoms with van der Waals surface area (Å²) in [6.07, 6.45) is 6.64. The summed E-state index contributed by atoms with van der Waals surface area (Å²) in [7, 11) is 0. The quantitative estimate of drug-likeness (QED) is 0.414. The lowest BCUT2D eigenvalue weighted by Gasteiger charge is -2.15. The minimum absolute atomic E-state index is 0.105. The van der Waals surface area contributed by atoms with Gasteiger partial charge < -0.3 is 21.5 Å². The molecule has 0 bridgehead atoms. The van der Waals surface area contributed by atoms with Gasteiger partial charge in [-0.3, -0.25) is 4.79 Å². The van der Waals surface area contributed by atoms with Crippen LogP contribution >= 0.6 is 23.2 Å². The van der Waals surface area contributed by atoms with E-state index in [1.165, 1.54) is 6.33 Å². The molecule has 1 aromatic carbocycles. The largest absolute Gasteiger partial charge is 0.493 e. The summed E-state index contributed by atoms with van der Waals surface area (Å²) in [5, 5.41) is 7.95. The Morgan fingerprint density at radius 2 is 2.13 bits per heavy atom. The third-order valence-corrected chi connectivity index (χ3v) is 5.93. The van der Waals surface area contributed by atoms with E-state index in [1.54, 1.807) is 22.8 Å². The van der Waals surface area contributed by atoms with Gasteiger partial charge >= 0.3 is 0 Å². The van der Waals surface area contributed by atoms with Crippen molar-refractivity contribution >= 4 is 40.6 Å². The van der Waals surface area contributed by atoms with E-state index in [0.29, 0.717) is 58.9 Å². The fourth-order valence-electron chi connectivity index (χ4n) is 3.21. The third kappa shape index (κ3) is 5.00. The molecule has 0 aliphatic heterocycles. The summed E-state index contributed by atoms with van der Waals surface area (Å²) < 4.78 is 7.58. The number of fused-ring (bicyclic) bond motifs is 1. The first kappa shape index (κ1) is 21.6. The Hall–Kier alpha value is -2.62. The first-order valence-electron chi connectivity index (χ1n) is 10.0. The van der Waals surface area contributed by atoms with Crippen LogP contribution in [0.15, 0.2) is 24.7 Å². The van der Waals surface area contributed by atoms with Gasteiger partial charge in [0.1, 0.15) is 12.1 Å². The van der Waals surface area contributed by atoms with E-state index in [-0.39, 0.29) is 11.7 Å². The van der Waals surface area contributed by atoms with E-state index in [0.717, 1.165) is 18.5 Å². The number of halogens is 2. The number of rotatable bonds is 9. The lowest BCUT2D eigenvalue weighted by Crippen LogP contribution is -2.41. The second kappa shape index (κ2) is 9.25. The first-order valence-corrected chi connectivity index (χ1v) is 10.8. The van der Waals surface area contributed by atoms with Gasteiger partial charge in [0.05, 0.1) is 34.6 Å². The van der Waals surface area contributed by atoms with Crippen LogP contribution < -0.4 is 21.5 Å². The average Bonchev–Trinajstić information content (AvgIpc) is 3.47. The Morgan fingerprint density at radius 1 is 1.32 bits per heavy atom. The fraction of sp³-hybridized carbons (Fsp3) is 0.400. The molecule has 2 heterocycles. The van der Waals surface area contributed by atoms with Gasteiger partial charge in [-0.2, -0.15) is 5.10 Å². The Labute approximate surface area is 189 Å². The van der Waals surface area contributed by atoms with Gasteiger partial charge in [0, 0.05) is 18.0 Å². The number of ether oxygens (including phenoxy) is 1. The van der Waals surface area contributed by atoms with Crippen molar-refractivity contribution in [2.75, 3.05) is 12.3 Å². The number of imidazole rings is 1. The van der Waals surface area contributed by atoms with Crippen LogP contribution in [0.3, 0.4) is 0 Å². The van der Waals surface area contributed by atoms with Crippen molar-refractivity contribution in [1.29, 1.82) is 0 Å². The molecule has 0 spiro atoms. The smallest absolute Gasteiger partial charge is 0.237 e. The highest BCUT2D eigenvalue weighted by atomic mass is 35.5. The topological polar surface area (TPSA) is 133 Å². The number of nitrogens with two attached hydrogens (primary N) is 2. The number of nitrogen functional groups attached to an aromatic ring is 1. The average molecular weight is 464 g/mol. The number of anilines is 1. The van der Waals surface area contributed by atoms with Crippen LogP contribution in [0.4, 0.5) is 5.82 Å². The van der Waals surface area contributed by atoms with Crippen molar-refractivity contribution < 1.29 is 9.53 Å². The number of nitrogens with one attached hydrogen (secondary N) is 1. The van der Waals surface area contributed by atoms with E-state index in [9.17, 15) is 4.79 Å². The minimum Gasteiger partial charge on any atom is -0.493 e. The zero-order valence-electron chi connectivity index (χ0n) is 16.7. The Balaban J connectivity index is 1.43. The van der Waals surface area contributed by atoms with Crippen molar-refractivity contribution in [2.45, 2.75) is 44.2 Å². The molecule has 1 saturated carbocycles. The zero-order valence-corrected chi connectivity index (χ0v) is 18.2. The molecule has 1 fully saturated rings. The molecule has 0 radical (unpaired) electrons. The van der Waals surface area contributed by atoms with Gasteiger partial charge in [-0.05, 0) is 37.8 Å². The van der Waals surface area contributed by atoms with Crippen LogP contribution in [0, 0.1) is 0 Å². The number of hydrogen-bond donors (Lipinski definition) is 3. The van der Waals surface area contributed by atoms with Crippen LogP contribution in [-0.4, -0.2) is 44.2 Å². The summed E-state index contributed by atoms with van der Waals surface area (Å²) in [6.45, 7) is 0.387. The molecule has 164 valence electrons. The van der Waals surface area contributed by atoms with Crippen LogP contribution in [-0.2, 0) is 11.2 Å². The molecule has 9 nitrogen and oxygen atoms in total. The van der Waals surface area contributed by atoms with E-state index < -0.39 is 6.04 Å². The predicted molar refractivity (Wildman–Crippen MR) is 118 cm³/mol. The molecule has 5 N–H and O–H groups in total. The van der Waals surface area contributed by atoms with Crippen LogP contribution in [0.1, 0.15) is 36.9 Å². The molecule has 1 unspecified atom stereocenters. The molecule has 1 amide bonds. The number of carbonyl (C=O) groups is 1. The Kier molecular flexibility index (Phi) is 6.45. The summed E-state index contributed by atoms with van der Waals surface area (Å²) >= 11 is 12.7. The summed E-state index contributed by atoms with van der Waals surface area (Å²) in [4.78, 5) is 20.2. The van der Waals surface area contributed by atoms with Crippen molar-refractivity contribution in [3.63, 3.8) is 0 Å². The molecule has 2 aromatic heterocycles. The number of hydrogen-bond acceptors (Lipinski definition) is 7. The third-order valence-electron chi connectivity index (χ3n) is 5.09. The highest BCUT2D eigenvalue weighted by Gasteiger charge is 2.25. The predicted octanol–water partition coefficient (Wildman–Crippen LogP) is 2.37. The first-order chi connectivity index (χ1) is 14.9. The molecule has 1 aliphatic carbocycles. The van der Waals surface area contributed by atoms with Crippen molar-refractivity contribution in [2.24, 2.45) is 5.73 Å². The van der Waals surface area contributed by atoms with Crippen LogP contribution in [0.2, 0.25) is 10.0 Å². The van der Waals surface area contributed by atoms with Crippen molar-refractivity contribution in [3.8, 4) is 5.75 Å². The molecule has 0 saturated heterocycles. The molecule has 1 atom stereocenters. The second-order valence-corrected chi connectivity index (χ2v) is 8.31. The number of benzene rings is 1. The minimum atomic E-state index is -0.541. The SMILES string of the molecule is Nc1ncnn2c(Cc3c(OCCCC(N)C(=O)NC4CC4)ccc(Cl)c3Cl)cnc12. The van der Waals surface area contributed by atoms with E-state index >= 15 is 0 Å². The standard InChI is InChI=1S/C20H23Cl2N7O2/c21-14-5-6-16(31-7-1-2-15(23)20(30)28-11-3-4-11)13(17(14)22)8-12-9-25-19-18(24)26-10-27-29(12)19/h5-6,9-11,15H,1-4,7-8,23H2,(H,28,30)(H2,24,26,27). The molecule has 31 heavy (non-hydrogen) atoms. The monoisotopic (exact) mass is 463 g/mol. The van der Waals surface area contributed by atoms with Gasteiger partial charge in [0.2, 0.25) is 5.91 Å². The second-order valence-electron chi connectivity index (χ2n) is 7.53.